The van der Waals surface area contributed by atoms with Gasteiger partial charge in [0.15, 0.2) is 5.60 Å². The van der Waals surface area contributed by atoms with E-state index in [-0.39, 0.29) is 11.3 Å². The van der Waals surface area contributed by atoms with Gasteiger partial charge in [0.25, 0.3) is 5.91 Å². The van der Waals surface area contributed by atoms with Gasteiger partial charge in [0.2, 0.25) is 0 Å². The summed E-state index contributed by atoms with van der Waals surface area (Å²) in [6.45, 7) is 6.79. The number of esters is 1. The molecule has 1 aliphatic carbocycles. The Morgan fingerprint density at radius 1 is 1.38 bits per heavy atom. The first-order valence-corrected chi connectivity index (χ1v) is 9.24. The quantitative estimate of drug-likeness (QED) is 0.771. The lowest BCUT2D eigenvalue weighted by atomic mass is 9.84. The Bertz CT molecular complexity index is 600. The van der Waals surface area contributed by atoms with Crippen LogP contribution in [-0.2, 0) is 19.7 Å². The summed E-state index contributed by atoms with van der Waals surface area (Å²) < 4.78 is 5.11. The van der Waals surface area contributed by atoms with Crippen LogP contribution in [0.1, 0.15) is 69.2 Å². The van der Waals surface area contributed by atoms with Crippen LogP contribution in [0.2, 0.25) is 0 Å². The molecule has 0 aliphatic heterocycles. The molecule has 1 amide bonds. The lowest BCUT2D eigenvalue weighted by Gasteiger charge is -2.31. The van der Waals surface area contributed by atoms with Crippen molar-refractivity contribution in [2.24, 2.45) is 0 Å². The van der Waals surface area contributed by atoms with E-state index in [4.69, 9.17) is 4.74 Å². The fourth-order valence-corrected chi connectivity index (χ4v) is 4.48. The highest BCUT2D eigenvalue weighted by Gasteiger charge is 2.39. The number of aliphatic hydroxyl groups is 1. The lowest BCUT2D eigenvalue weighted by Crippen LogP contribution is -2.49. The molecule has 24 heavy (non-hydrogen) atoms. The molecule has 1 aliphatic rings. The maximum Gasteiger partial charge on any atom is 0.303 e. The molecule has 1 aromatic heterocycles. The van der Waals surface area contributed by atoms with Gasteiger partial charge in [0.1, 0.15) is 0 Å². The van der Waals surface area contributed by atoms with E-state index < -0.39 is 17.7 Å². The number of nitrogens with one attached hydrogen (secondary N) is 1. The number of carbonyl (C=O) groups excluding carboxylic acids is 2. The van der Waals surface area contributed by atoms with Gasteiger partial charge >= 0.3 is 5.97 Å². The van der Waals surface area contributed by atoms with Crippen molar-refractivity contribution in [3.8, 4) is 0 Å². The maximum atomic E-state index is 12.4. The third-order valence-corrected chi connectivity index (χ3v) is 6.16. The lowest BCUT2D eigenvalue weighted by molar-refractivity contribution is -0.163. The minimum Gasteiger partial charge on any atom is -0.450 e. The van der Waals surface area contributed by atoms with E-state index >= 15 is 0 Å². The van der Waals surface area contributed by atoms with Crippen molar-refractivity contribution in [2.75, 3.05) is 6.54 Å². The predicted octanol–water partition coefficient (Wildman–Crippen LogP) is 3.07. The molecule has 1 aromatic rings. The standard InChI is InChI=1S/C18H27NO4S/c1-12(20)14-7-8-15(24-14)18(9-5-6-10-18)11-19-16(22)17(3,4)23-13(2)21/h7-8,12,20H,5-6,9-11H2,1-4H3,(H,19,22). The summed E-state index contributed by atoms with van der Waals surface area (Å²) in [6, 6.07) is 4.04. The number of aliphatic hydroxyl groups excluding tert-OH is 1. The highest BCUT2D eigenvalue weighted by Crippen LogP contribution is 2.44. The average molecular weight is 353 g/mol. The van der Waals surface area contributed by atoms with E-state index in [1.54, 1.807) is 32.1 Å². The van der Waals surface area contributed by atoms with Crippen LogP contribution >= 0.6 is 11.3 Å². The van der Waals surface area contributed by atoms with Gasteiger partial charge in [-0.15, -0.1) is 11.3 Å². The van der Waals surface area contributed by atoms with Crippen LogP contribution in [0, 0.1) is 0 Å². The largest absolute Gasteiger partial charge is 0.450 e. The Hall–Kier alpha value is -1.40. The van der Waals surface area contributed by atoms with E-state index in [0.29, 0.717) is 6.54 Å². The second kappa shape index (κ2) is 7.23. The van der Waals surface area contributed by atoms with Crippen LogP contribution in [0.3, 0.4) is 0 Å². The third-order valence-electron chi connectivity index (χ3n) is 4.65. The molecular weight excluding hydrogens is 326 g/mol. The van der Waals surface area contributed by atoms with Gasteiger partial charge in [-0.25, -0.2) is 0 Å². The summed E-state index contributed by atoms with van der Waals surface area (Å²) in [7, 11) is 0. The number of rotatable bonds is 6. The Balaban J connectivity index is 2.11. The van der Waals surface area contributed by atoms with Crippen molar-refractivity contribution in [1.82, 2.24) is 5.32 Å². The molecule has 1 heterocycles. The molecule has 2 N–H and O–H groups in total. The fraction of sp³-hybridized carbons (Fsp3) is 0.667. The summed E-state index contributed by atoms with van der Waals surface area (Å²) in [4.78, 5) is 25.7. The molecule has 5 nitrogen and oxygen atoms in total. The number of hydrogen-bond donors (Lipinski definition) is 2. The minimum atomic E-state index is -1.17. The zero-order valence-electron chi connectivity index (χ0n) is 14.8. The number of ether oxygens (including phenoxy) is 1. The highest BCUT2D eigenvalue weighted by atomic mass is 32.1. The molecule has 0 bridgehead atoms. The van der Waals surface area contributed by atoms with Gasteiger partial charge in [-0.2, -0.15) is 0 Å². The molecule has 134 valence electrons. The molecule has 0 spiro atoms. The molecule has 1 unspecified atom stereocenters. The molecule has 2 rings (SSSR count). The minimum absolute atomic E-state index is 0.0836. The van der Waals surface area contributed by atoms with Crippen molar-refractivity contribution in [1.29, 1.82) is 0 Å². The van der Waals surface area contributed by atoms with E-state index in [1.165, 1.54) is 11.8 Å². The fourth-order valence-electron chi connectivity index (χ4n) is 3.29. The van der Waals surface area contributed by atoms with Gasteiger partial charge in [0, 0.05) is 28.6 Å². The van der Waals surface area contributed by atoms with E-state index in [2.05, 4.69) is 11.4 Å². The van der Waals surface area contributed by atoms with Gasteiger partial charge in [-0.05, 0) is 45.7 Å². The van der Waals surface area contributed by atoms with Gasteiger partial charge in [-0.3, -0.25) is 9.59 Å². The average Bonchev–Trinajstić information content (AvgIpc) is 3.13. The number of hydrogen-bond acceptors (Lipinski definition) is 5. The first kappa shape index (κ1) is 18.9. The summed E-state index contributed by atoms with van der Waals surface area (Å²) in [5, 5.41) is 12.7. The van der Waals surface area contributed by atoms with Crippen molar-refractivity contribution >= 4 is 23.2 Å². The van der Waals surface area contributed by atoms with Crippen LogP contribution < -0.4 is 5.32 Å². The first-order chi connectivity index (χ1) is 11.2. The molecule has 0 radical (unpaired) electrons. The van der Waals surface area contributed by atoms with Crippen LogP contribution in [0.25, 0.3) is 0 Å². The normalized spacial score (nSPS) is 18.2. The number of carbonyl (C=O) groups is 2. The Morgan fingerprint density at radius 3 is 2.50 bits per heavy atom. The summed E-state index contributed by atoms with van der Waals surface area (Å²) in [6.07, 6.45) is 3.82. The predicted molar refractivity (Wildman–Crippen MR) is 94.0 cm³/mol. The molecule has 1 atom stereocenters. The van der Waals surface area contributed by atoms with Crippen molar-refractivity contribution in [2.45, 2.75) is 70.5 Å². The van der Waals surface area contributed by atoms with Crippen LogP contribution in [0.5, 0.6) is 0 Å². The second-order valence-electron chi connectivity index (χ2n) is 7.15. The number of amides is 1. The maximum absolute atomic E-state index is 12.4. The van der Waals surface area contributed by atoms with Crippen LogP contribution in [-0.4, -0.2) is 29.1 Å². The third kappa shape index (κ3) is 4.16. The van der Waals surface area contributed by atoms with Gasteiger partial charge < -0.3 is 15.2 Å². The molecule has 1 saturated carbocycles. The van der Waals surface area contributed by atoms with Gasteiger partial charge in [0.05, 0.1) is 6.10 Å². The zero-order valence-corrected chi connectivity index (χ0v) is 15.7. The second-order valence-corrected chi connectivity index (χ2v) is 8.27. The molecule has 6 heteroatoms. The molecule has 1 fully saturated rings. The smallest absolute Gasteiger partial charge is 0.303 e. The van der Waals surface area contributed by atoms with Crippen LogP contribution in [0.15, 0.2) is 12.1 Å². The summed E-state index contributed by atoms with van der Waals surface area (Å²) >= 11 is 1.62. The Labute approximate surface area is 147 Å². The SMILES string of the molecule is CC(=O)OC(C)(C)C(=O)NCC1(c2ccc(C(C)O)s2)CCCC1. The van der Waals surface area contributed by atoms with Crippen molar-refractivity contribution in [3.05, 3.63) is 21.9 Å². The van der Waals surface area contributed by atoms with Crippen molar-refractivity contribution < 1.29 is 19.4 Å². The molecular formula is C18H27NO4S. The summed E-state index contributed by atoms with van der Waals surface area (Å²) in [5.74, 6) is -0.748. The Kier molecular flexibility index (Phi) is 5.71. The highest BCUT2D eigenvalue weighted by molar-refractivity contribution is 7.12. The molecule has 0 aromatic carbocycles. The van der Waals surface area contributed by atoms with Crippen molar-refractivity contribution in [3.63, 3.8) is 0 Å². The zero-order chi connectivity index (χ0) is 18.0. The number of thiophene rings is 1. The monoisotopic (exact) mass is 353 g/mol. The Morgan fingerprint density at radius 2 is 2.00 bits per heavy atom. The van der Waals surface area contributed by atoms with Crippen LogP contribution in [0.4, 0.5) is 0 Å². The molecule has 0 saturated heterocycles. The van der Waals surface area contributed by atoms with E-state index in [0.717, 1.165) is 30.6 Å². The topological polar surface area (TPSA) is 75.6 Å². The first-order valence-electron chi connectivity index (χ1n) is 8.42. The van der Waals surface area contributed by atoms with E-state index in [9.17, 15) is 14.7 Å². The summed E-state index contributed by atoms with van der Waals surface area (Å²) in [5.41, 5.74) is -1.26. The van der Waals surface area contributed by atoms with E-state index in [1.807, 2.05) is 6.07 Å². The van der Waals surface area contributed by atoms with Gasteiger partial charge in [-0.1, -0.05) is 12.8 Å².